The fraction of sp³-hybridized carbons (Fsp3) is 0.357. The predicted molar refractivity (Wildman–Crippen MR) is 66.3 cm³/mol. The first-order chi connectivity index (χ1) is 8.31. The van der Waals surface area contributed by atoms with Gasteiger partial charge in [-0.05, 0) is 25.2 Å². The standard InChI is InChI=1S/C14H15NO2/c1-15-8-3-2-4-11-5-6-14-12(10-11)13(16)7-9-17-14/h5-6,10,15H,3,7-9H2,1H3. The Labute approximate surface area is 101 Å². The zero-order valence-corrected chi connectivity index (χ0v) is 9.88. The number of ketones is 1. The SMILES string of the molecule is CNCCC#Cc1ccc2c(c1)C(=O)CCO2. The summed E-state index contributed by atoms with van der Waals surface area (Å²) in [6.45, 7) is 1.36. The molecule has 1 aromatic carbocycles. The number of Topliss-reactive ketones (excluding diaryl/α,β-unsaturated/α-hetero) is 1. The summed E-state index contributed by atoms with van der Waals surface area (Å²) in [6, 6.07) is 5.54. The van der Waals surface area contributed by atoms with E-state index in [1.54, 1.807) is 0 Å². The average molecular weight is 229 g/mol. The van der Waals surface area contributed by atoms with Gasteiger partial charge in [0.25, 0.3) is 0 Å². The minimum atomic E-state index is 0.144. The van der Waals surface area contributed by atoms with Crippen LogP contribution in [0.5, 0.6) is 5.75 Å². The molecule has 3 nitrogen and oxygen atoms in total. The van der Waals surface area contributed by atoms with Gasteiger partial charge >= 0.3 is 0 Å². The highest BCUT2D eigenvalue weighted by atomic mass is 16.5. The van der Waals surface area contributed by atoms with Crippen LogP contribution in [0.4, 0.5) is 0 Å². The van der Waals surface area contributed by atoms with Crippen LogP contribution in [0.3, 0.4) is 0 Å². The molecule has 0 spiro atoms. The lowest BCUT2D eigenvalue weighted by Crippen LogP contribution is -2.15. The van der Waals surface area contributed by atoms with Gasteiger partial charge in [0.15, 0.2) is 5.78 Å². The third-order valence-electron chi connectivity index (χ3n) is 2.60. The van der Waals surface area contributed by atoms with E-state index >= 15 is 0 Å². The van der Waals surface area contributed by atoms with Gasteiger partial charge in [0.1, 0.15) is 5.75 Å². The molecule has 0 aromatic heterocycles. The molecule has 0 fully saturated rings. The van der Waals surface area contributed by atoms with E-state index in [1.165, 1.54) is 0 Å². The van der Waals surface area contributed by atoms with Crippen LogP contribution in [0.2, 0.25) is 0 Å². The Balaban J connectivity index is 2.17. The second kappa shape index (κ2) is 5.51. The van der Waals surface area contributed by atoms with Crippen molar-refractivity contribution >= 4 is 5.78 Å². The van der Waals surface area contributed by atoms with Crippen LogP contribution in [0.15, 0.2) is 18.2 Å². The molecule has 0 radical (unpaired) electrons. The molecule has 0 bridgehead atoms. The Kier molecular flexibility index (Phi) is 3.79. The van der Waals surface area contributed by atoms with E-state index in [9.17, 15) is 4.79 Å². The summed E-state index contributed by atoms with van der Waals surface area (Å²) in [7, 11) is 1.90. The number of nitrogens with one attached hydrogen (secondary N) is 1. The zero-order chi connectivity index (χ0) is 12.1. The zero-order valence-electron chi connectivity index (χ0n) is 9.88. The Morgan fingerprint density at radius 2 is 2.35 bits per heavy atom. The van der Waals surface area contributed by atoms with E-state index in [1.807, 2.05) is 25.2 Å². The minimum Gasteiger partial charge on any atom is -0.492 e. The maximum atomic E-state index is 11.7. The molecular formula is C14H15NO2. The van der Waals surface area contributed by atoms with Crippen molar-refractivity contribution in [3.8, 4) is 17.6 Å². The normalized spacial score (nSPS) is 13.4. The molecule has 2 rings (SSSR count). The summed E-state index contributed by atoms with van der Waals surface area (Å²) in [5.41, 5.74) is 1.54. The minimum absolute atomic E-state index is 0.144. The fourth-order valence-corrected chi connectivity index (χ4v) is 1.69. The lowest BCUT2D eigenvalue weighted by molar-refractivity contribution is 0.0933. The molecule has 1 aliphatic rings. The summed E-state index contributed by atoms with van der Waals surface area (Å²) in [4.78, 5) is 11.7. The van der Waals surface area contributed by atoms with E-state index in [-0.39, 0.29) is 5.78 Å². The van der Waals surface area contributed by atoms with E-state index in [4.69, 9.17) is 4.74 Å². The van der Waals surface area contributed by atoms with Crippen LogP contribution in [0.25, 0.3) is 0 Å². The lowest BCUT2D eigenvalue weighted by atomic mass is 10.0. The highest BCUT2D eigenvalue weighted by Gasteiger charge is 2.17. The van der Waals surface area contributed by atoms with Crippen LogP contribution in [-0.4, -0.2) is 26.0 Å². The van der Waals surface area contributed by atoms with Gasteiger partial charge in [-0.15, -0.1) is 0 Å². The number of fused-ring (bicyclic) bond motifs is 1. The van der Waals surface area contributed by atoms with Crippen molar-refractivity contribution in [1.29, 1.82) is 0 Å². The highest BCUT2D eigenvalue weighted by molar-refractivity contribution is 5.99. The van der Waals surface area contributed by atoms with Crippen molar-refractivity contribution in [1.82, 2.24) is 5.32 Å². The van der Waals surface area contributed by atoms with Crippen molar-refractivity contribution in [3.05, 3.63) is 29.3 Å². The van der Waals surface area contributed by atoms with Crippen molar-refractivity contribution in [2.45, 2.75) is 12.8 Å². The molecule has 88 valence electrons. The second-order valence-corrected chi connectivity index (χ2v) is 3.89. The molecule has 0 aliphatic carbocycles. The fourth-order valence-electron chi connectivity index (χ4n) is 1.69. The molecule has 1 N–H and O–H groups in total. The first kappa shape index (κ1) is 11.7. The van der Waals surface area contributed by atoms with Crippen LogP contribution in [-0.2, 0) is 0 Å². The van der Waals surface area contributed by atoms with Crippen LogP contribution < -0.4 is 10.1 Å². The Bertz CT molecular complexity index is 483. The van der Waals surface area contributed by atoms with Gasteiger partial charge in [-0.1, -0.05) is 11.8 Å². The van der Waals surface area contributed by atoms with E-state index in [0.717, 1.165) is 18.5 Å². The lowest BCUT2D eigenvalue weighted by Gasteiger charge is -2.15. The molecule has 0 saturated heterocycles. The topological polar surface area (TPSA) is 38.3 Å². The molecule has 0 unspecified atom stereocenters. The van der Waals surface area contributed by atoms with Crippen LogP contribution in [0.1, 0.15) is 28.8 Å². The van der Waals surface area contributed by atoms with Gasteiger partial charge in [-0.2, -0.15) is 0 Å². The molecule has 3 heteroatoms. The van der Waals surface area contributed by atoms with Crippen LogP contribution >= 0.6 is 0 Å². The summed E-state index contributed by atoms with van der Waals surface area (Å²) < 4.78 is 5.41. The first-order valence-corrected chi connectivity index (χ1v) is 5.75. The number of rotatable bonds is 2. The Morgan fingerprint density at radius 3 is 3.18 bits per heavy atom. The van der Waals surface area contributed by atoms with Crippen LogP contribution in [0, 0.1) is 11.8 Å². The highest BCUT2D eigenvalue weighted by Crippen LogP contribution is 2.25. The van der Waals surface area contributed by atoms with E-state index in [0.29, 0.717) is 24.3 Å². The number of carbonyl (C=O) groups excluding carboxylic acids is 1. The molecule has 17 heavy (non-hydrogen) atoms. The summed E-state index contributed by atoms with van der Waals surface area (Å²) in [5, 5.41) is 3.03. The third kappa shape index (κ3) is 2.86. The molecule has 1 aliphatic heterocycles. The predicted octanol–water partition coefficient (Wildman–Crippen LogP) is 1.61. The van der Waals surface area contributed by atoms with Gasteiger partial charge < -0.3 is 10.1 Å². The van der Waals surface area contributed by atoms with Crippen molar-refractivity contribution < 1.29 is 9.53 Å². The number of ether oxygens (including phenoxy) is 1. The number of hydrogen-bond acceptors (Lipinski definition) is 3. The Morgan fingerprint density at radius 1 is 1.47 bits per heavy atom. The third-order valence-corrected chi connectivity index (χ3v) is 2.60. The van der Waals surface area contributed by atoms with Gasteiger partial charge in [0, 0.05) is 24.9 Å². The summed E-state index contributed by atoms with van der Waals surface area (Å²) in [5.74, 6) is 6.94. The molecule has 0 atom stereocenters. The Hall–Kier alpha value is -1.79. The number of benzene rings is 1. The average Bonchev–Trinajstić information content (AvgIpc) is 2.36. The van der Waals surface area contributed by atoms with E-state index < -0.39 is 0 Å². The first-order valence-electron chi connectivity index (χ1n) is 5.75. The molecule has 0 saturated carbocycles. The number of hydrogen-bond donors (Lipinski definition) is 1. The summed E-state index contributed by atoms with van der Waals surface area (Å²) in [6.07, 6.45) is 1.27. The van der Waals surface area contributed by atoms with Crippen molar-refractivity contribution in [2.24, 2.45) is 0 Å². The maximum absolute atomic E-state index is 11.7. The van der Waals surface area contributed by atoms with Crippen molar-refractivity contribution in [2.75, 3.05) is 20.2 Å². The quantitative estimate of drug-likeness (QED) is 0.618. The van der Waals surface area contributed by atoms with Gasteiger partial charge in [0.2, 0.25) is 0 Å². The molecule has 1 heterocycles. The van der Waals surface area contributed by atoms with Gasteiger partial charge in [0.05, 0.1) is 12.2 Å². The number of carbonyl (C=O) groups is 1. The van der Waals surface area contributed by atoms with Gasteiger partial charge in [-0.3, -0.25) is 4.79 Å². The maximum Gasteiger partial charge on any atom is 0.170 e. The summed E-state index contributed by atoms with van der Waals surface area (Å²) >= 11 is 0. The molecule has 0 amide bonds. The van der Waals surface area contributed by atoms with Crippen molar-refractivity contribution in [3.63, 3.8) is 0 Å². The van der Waals surface area contributed by atoms with E-state index in [2.05, 4.69) is 17.2 Å². The smallest absolute Gasteiger partial charge is 0.170 e. The molecule has 1 aromatic rings. The molecular weight excluding hydrogens is 214 g/mol. The second-order valence-electron chi connectivity index (χ2n) is 3.89. The van der Waals surface area contributed by atoms with Gasteiger partial charge in [-0.25, -0.2) is 0 Å². The largest absolute Gasteiger partial charge is 0.492 e. The monoisotopic (exact) mass is 229 g/mol.